The number of hydrogen-bond donors (Lipinski definition) is 1. The van der Waals surface area contributed by atoms with Crippen molar-refractivity contribution in [2.24, 2.45) is 0 Å². The number of halogens is 2. The first-order chi connectivity index (χ1) is 9.13. The van der Waals surface area contributed by atoms with Crippen molar-refractivity contribution in [3.63, 3.8) is 0 Å². The van der Waals surface area contributed by atoms with Crippen LogP contribution in [0.5, 0.6) is 0 Å². The van der Waals surface area contributed by atoms with Crippen LogP contribution < -0.4 is 0 Å². The van der Waals surface area contributed by atoms with Crippen LogP contribution in [0, 0.1) is 18.6 Å². The number of aryl methyl sites for hydroxylation is 1. The lowest BCUT2D eigenvalue weighted by Gasteiger charge is -1.99. The van der Waals surface area contributed by atoms with Gasteiger partial charge in [-0.05, 0) is 36.2 Å². The molecule has 0 amide bonds. The van der Waals surface area contributed by atoms with Crippen molar-refractivity contribution in [1.82, 2.24) is 15.0 Å². The zero-order valence-electron chi connectivity index (χ0n) is 10.2. The predicted octanol–water partition coefficient (Wildman–Crippen LogP) is 3.14. The molecule has 0 fully saturated rings. The number of hydrogen-bond acceptors (Lipinski definition) is 2. The molecule has 0 saturated heterocycles. The molecule has 5 heteroatoms. The van der Waals surface area contributed by atoms with Gasteiger partial charge in [-0.15, -0.1) is 0 Å². The SMILES string of the molecule is Cc1ccnc2nc(Cc3ccc(F)c(F)c3)[nH]c12. The van der Waals surface area contributed by atoms with Crippen LogP contribution in [0.1, 0.15) is 17.0 Å². The summed E-state index contributed by atoms with van der Waals surface area (Å²) in [6.07, 6.45) is 2.10. The van der Waals surface area contributed by atoms with Gasteiger partial charge in [-0.3, -0.25) is 0 Å². The third kappa shape index (κ3) is 2.19. The number of nitrogens with zero attached hydrogens (tertiary/aromatic N) is 2. The van der Waals surface area contributed by atoms with E-state index in [1.54, 1.807) is 12.3 Å². The zero-order chi connectivity index (χ0) is 13.4. The van der Waals surface area contributed by atoms with Crippen molar-refractivity contribution in [3.8, 4) is 0 Å². The smallest absolute Gasteiger partial charge is 0.177 e. The van der Waals surface area contributed by atoms with Crippen molar-refractivity contribution < 1.29 is 8.78 Å². The van der Waals surface area contributed by atoms with E-state index in [1.807, 2.05) is 13.0 Å². The van der Waals surface area contributed by atoms with Crippen LogP contribution in [-0.4, -0.2) is 15.0 Å². The third-order valence-corrected chi connectivity index (χ3v) is 3.01. The Kier molecular flexibility index (Phi) is 2.74. The van der Waals surface area contributed by atoms with E-state index in [2.05, 4.69) is 15.0 Å². The molecule has 3 rings (SSSR count). The van der Waals surface area contributed by atoms with Gasteiger partial charge < -0.3 is 4.98 Å². The van der Waals surface area contributed by atoms with E-state index in [4.69, 9.17) is 0 Å². The maximum Gasteiger partial charge on any atom is 0.177 e. The summed E-state index contributed by atoms with van der Waals surface area (Å²) in [5.41, 5.74) is 3.22. The minimum Gasteiger partial charge on any atom is -0.340 e. The molecular formula is C14H11F2N3. The van der Waals surface area contributed by atoms with E-state index in [0.29, 0.717) is 23.5 Å². The number of H-pyrrole nitrogens is 1. The largest absolute Gasteiger partial charge is 0.340 e. The second kappa shape index (κ2) is 4.42. The highest BCUT2D eigenvalue weighted by Gasteiger charge is 2.08. The normalized spacial score (nSPS) is 11.1. The van der Waals surface area contributed by atoms with Crippen LogP contribution in [0.15, 0.2) is 30.5 Å². The second-order valence-corrected chi connectivity index (χ2v) is 4.44. The molecule has 0 aliphatic rings. The van der Waals surface area contributed by atoms with Crippen LogP contribution in [0.3, 0.4) is 0 Å². The Hall–Kier alpha value is -2.30. The number of pyridine rings is 1. The van der Waals surface area contributed by atoms with Gasteiger partial charge in [-0.2, -0.15) is 0 Å². The fourth-order valence-corrected chi connectivity index (χ4v) is 2.01. The number of rotatable bonds is 2. The monoisotopic (exact) mass is 259 g/mol. The number of aromatic nitrogens is 3. The summed E-state index contributed by atoms with van der Waals surface area (Å²) < 4.78 is 26.0. The average Bonchev–Trinajstić information content (AvgIpc) is 2.78. The van der Waals surface area contributed by atoms with Crippen molar-refractivity contribution in [2.75, 3.05) is 0 Å². The van der Waals surface area contributed by atoms with E-state index in [9.17, 15) is 8.78 Å². The molecule has 3 aromatic rings. The standard InChI is InChI=1S/C14H11F2N3/c1-8-4-5-17-14-13(8)18-12(19-14)7-9-2-3-10(15)11(16)6-9/h2-6H,7H2,1H3,(H,17,18,19). The lowest BCUT2D eigenvalue weighted by Crippen LogP contribution is -1.93. The highest BCUT2D eigenvalue weighted by molar-refractivity contribution is 5.74. The van der Waals surface area contributed by atoms with Crippen LogP contribution in [0.4, 0.5) is 8.78 Å². The number of aromatic amines is 1. The fourth-order valence-electron chi connectivity index (χ4n) is 2.01. The molecule has 0 unspecified atom stereocenters. The van der Waals surface area contributed by atoms with Gasteiger partial charge in [0.25, 0.3) is 0 Å². The minimum atomic E-state index is -0.845. The first-order valence-corrected chi connectivity index (χ1v) is 5.87. The number of benzene rings is 1. The Morgan fingerprint density at radius 1 is 1.16 bits per heavy atom. The summed E-state index contributed by atoms with van der Waals surface area (Å²) >= 11 is 0. The third-order valence-electron chi connectivity index (χ3n) is 3.01. The van der Waals surface area contributed by atoms with E-state index in [1.165, 1.54) is 6.07 Å². The van der Waals surface area contributed by atoms with E-state index in [0.717, 1.165) is 17.1 Å². The number of fused-ring (bicyclic) bond motifs is 1. The van der Waals surface area contributed by atoms with Crippen molar-refractivity contribution in [1.29, 1.82) is 0 Å². The fraction of sp³-hybridized carbons (Fsp3) is 0.143. The van der Waals surface area contributed by atoms with Crippen LogP contribution in [0.2, 0.25) is 0 Å². The number of nitrogens with one attached hydrogen (secondary N) is 1. The Labute approximate surface area is 108 Å². The molecule has 2 aromatic heterocycles. The molecule has 0 spiro atoms. The Morgan fingerprint density at radius 3 is 2.74 bits per heavy atom. The average molecular weight is 259 g/mol. The molecule has 2 heterocycles. The van der Waals surface area contributed by atoms with Gasteiger partial charge in [0.05, 0.1) is 5.52 Å². The Bertz CT molecular complexity index is 750. The molecule has 0 bridgehead atoms. The molecule has 0 atom stereocenters. The number of imidazole rings is 1. The van der Waals surface area contributed by atoms with Gasteiger partial charge in [0.15, 0.2) is 17.3 Å². The summed E-state index contributed by atoms with van der Waals surface area (Å²) in [6.45, 7) is 1.96. The predicted molar refractivity (Wildman–Crippen MR) is 67.8 cm³/mol. The van der Waals surface area contributed by atoms with Gasteiger partial charge >= 0.3 is 0 Å². The molecule has 1 aromatic carbocycles. The Balaban J connectivity index is 1.96. The van der Waals surface area contributed by atoms with E-state index < -0.39 is 11.6 Å². The zero-order valence-corrected chi connectivity index (χ0v) is 10.2. The quantitative estimate of drug-likeness (QED) is 0.768. The molecule has 19 heavy (non-hydrogen) atoms. The highest BCUT2D eigenvalue weighted by atomic mass is 19.2. The Morgan fingerprint density at radius 2 is 2.00 bits per heavy atom. The summed E-state index contributed by atoms with van der Waals surface area (Å²) in [5, 5.41) is 0. The topological polar surface area (TPSA) is 41.6 Å². The molecule has 0 saturated carbocycles. The van der Waals surface area contributed by atoms with Gasteiger partial charge in [-0.25, -0.2) is 18.7 Å². The summed E-state index contributed by atoms with van der Waals surface area (Å²) in [4.78, 5) is 11.7. The molecular weight excluding hydrogens is 248 g/mol. The molecule has 0 aliphatic carbocycles. The van der Waals surface area contributed by atoms with Crippen LogP contribution >= 0.6 is 0 Å². The molecule has 0 aliphatic heterocycles. The lowest BCUT2D eigenvalue weighted by molar-refractivity contribution is 0.507. The lowest BCUT2D eigenvalue weighted by atomic mass is 10.1. The maximum absolute atomic E-state index is 13.1. The molecule has 3 nitrogen and oxygen atoms in total. The van der Waals surface area contributed by atoms with Crippen molar-refractivity contribution in [2.45, 2.75) is 13.3 Å². The van der Waals surface area contributed by atoms with Gasteiger partial charge in [0.2, 0.25) is 0 Å². The van der Waals surface area contributed by atoms with Crippen LogP contribution in [-0.2, 0) is 6.42 Å². The van der Waals surface area contributed by atoms with Crippen molar-refractivity contribution >= 4 is 11.2 Å². The minimum absolute atomic E-state index is 0.410. The molecule has 96 valence electrons. The van der Waals surface area contributed by atoms with Crippen molar-refractivity contribution in [3.05, 3.63) is 59.0 Å². The second-order valence-electron chi connectivity index (χ2n) is 4.44. The summed E-state index contributed by atoms with van der Waals surface area (Å²) in [5.74, 6) is -1.00. The van der Waals surface area contributed by atoms with Crippen LogP contribution in [0.25, 0.3) is 11.2 Å². The van der Waals surface area contributed by atoms with E-state index >= 15 is 0 Å². The van der Waals surface area contributed by atoms with E-state index in [-0.39, 0.29) is 0 Å². The molecule has 0 radical (unpaired) electrons. The maximum atomic E-state index is 13.1. The highest BCUT2D eigenvalue weighted by Crippen LogP contribution is 2.16. The van der Waals surface area contributed by atoms with Gasteiger partial charge in [-0.1, -0.05) is 6.07 Å². The summed E-state index contributed by atoms with van der Waals surface area (Å²) in [7, 11) is 0. The summed E-state index contributed by atoms with van der Waals surface area (Å²) in [6, 6.07) is 5.74. The first-order valence-electron chi connectivity index (χ1n) is 5.87. The van der Waals surface area contributed by atoms with Gasteiger partial charge in [0.1, 0.15) is 5.82 Å². The molecule has 1 N–H and O–H groups in total. The first kappa shape index (κ1) is 11.8. The van der Waals surface area contributed by atoms with Gasteiger partial charge in [0, 0.05) is 12.6 Å².